The number of aryl methyl sites for hydroxylation is 1. The maximum absolute atomic E-state index is 12.0. The van der Waals surface area contributed by atoms with Crippen LogP contribution in [0.25, 0.3) is 0 Å². The summed E-state index contributed by atoms with van der Waals surface area (Å²) in [5.74, 6) is -1.87. The average molecular weight is 250 g/mol. The van der Waals surface area contributed by atoms with E-state index in [2.05, 4.69) is 5.32 Å². The minimum atomic E-state index is -0.854. The third-order valence-corrected chi connectivity index (χ3v) is 3.53. The molecule has 98 valence electrons. The Bertz CT molecular complexity index is 453. The molecule has 0 aromatic carbocycles. The van der Waals surface area contributed by atoms with Crippen LogP contribution in [0.3, 0.4) is 0 Å². The lowest BCUT2D eigenvalue weighted by atomic mass is 9.95. The smallest absolute Gasteiger partial charge is 0.307 e. The molecule has 1 heterocycles. The van der Waals surface area contributed by atoms with Crippen LogP contribution < -0.4 is 5.32 Å². The first-order valence-electron chi connectivity index (χ1n) is 6.19. The average Bonchev–Trinajstić information content (AvgIpc) is 2.94. The molecule has 1 aromatic heterocycles. The monoisotopic (exact) mass is 250 g/mol. The SMILES string of the molecule is Cn1ccc(CNC(=O)[C@@H]2CCC[C@@H]2C(=O)O)c1. The highest BCUT2D eigenvalue weighted by molar-refractivity contribution is 5.85. The topological polar surface area (TPSA) is 71.3 Å². The number of amides is 1. The number of carboxylic acid groups (broad SMARTS) is 1. The largest absolute Gasteiger partial charge is 0.481 e. The van der Waals surface area contributed by atoms with E-state index >= 15 is 0 Å². The zero-order valence-electron chi connectivity index (χ0n) is 10.4. The van der Waals surface area contributed by atoms with E-state index in [0.717, 1.165) is 12.0 Å². The molecule has 0 unspecified atom stereocenters. The van der Waals surface area contributed by atoms with Gasteiger partial charge in [-0.05, 0) is 24.5 Å². The summed E-state index contributed by atoms with van der Waals surface area (Å²) in [6.07, 6.45) is 5.96. The molecule has 0 spiro atoms. The van der Waals surface area contributed by atoms with Gasteiger partial charge in [0.1, 0.15) is 0 Å². The lowest BCUT2D eigenvalue weighted by Crippen LogP contribution is -2.34. The number of nitrogens with zero attached hydrogens (tertiary/aromatic N) is 1. The van der Waals surface area contributed by atoms with Gasteiger partial charge in [0.15, 0.2) is 0 Å². The minimum Gasteiger partial charge on any atom is -0.481 e. The number of rotatable bonds is 4. The Labute approximate surface area is 106 Å². The van der Waals surface area contributed by atoms with E-state index in [4.69, 9.17) is 5.11 Å². The summed E-state index contributed by atoms with van der Waals surface area (Å²) in [6.45, 7) is 0.461. The van der Waals surface area contributed by atoms with Crippen molar-refractivity contribution < 1.29 is 14.7 Å². The zero-order valence-corrected chi connectivity index (χ0v) is 10.4. The molecule has 1 aromatic rings. The normalized spacial score (nSPS) is 22.9. The summed E-state index contributed by atoms with van der Waals surface area (Å²) >= 11 is 0. The number of nitrogens with one attached hydrogen (secondary N) is 1. The third-order valence-electron chi connectivity index (χ3n) is 3.53. The number of carboxylic acids is 1. The second-order valence-electron chi connectivity index (χ2n) is 4.89. The Hall–Kier alpha value is -1.78. The van der Waals surface area contributed by atoms with Crippen LogP contribution in [0, 0.1) is 11.8 Å². The standard InChI is InChI=1S/C13H18N2O3/c1-15-6-5-9(8-15)7-14-12(16)10-3-2-4-11(10)13(17)18/h5-6,8,10-11H,2-4,7H2,1H3,(H,14,16)(H,17,18)/t10-,11+/m1/s1. The number of carbonyl (C=O) groups is 2. The Morgan fingerprint density at radius 3 is 2.78 bits per heavy atom. The quantitative estimate of drug-likeness (QED) is 0.841. The molecule has 0 radical (unpaired) electrons. The van der Waals surface area contributed by atoms with Gasteiger partial charge >= 0.3 is 5.97 Å². The van der Waals surface area contributed by atoms with Crippen LogP contribution >= 0.6 is 0 Å². The van der Waals surface area contributed by atoms with Gasteiger partial charge in [-0.3, -0.25) is 9.59 Å². The van der Waals surface area contributed by atoms with E-state index in [-0.39, 0.29) is 11.8 Å². The lowest BCUT2D eigenvalue weighted by molar-refractivity contribution is -0.146. The van der Waals surface area contributed by atoms with E-state index in [9.17, 15) is 9.59 Å². The molecule has 1 saturated carbocycles. The lowest BCUT2D eigenvalue weighted by Gasteiger charge is -2.15. The number of hydrogen-bond acceptors (Lipinski definition) is 2. The van der Waals surface area contributed by atoms with Gasteiger partial charge in [-0.15, -0.1) is 0 Å². The van der Waals surface area contributed by atoms with Crippen LogP contribution in [-0.4, -0.2) is 21.6 Å². The maximum Gasteiger partial charge on any atom is 0.307 e. The molecular formula is C13H18N2O3. The number of aromatic nitrogens is 1. The van der Waals surface area contributed by atoms with Crippen molar-refractivity contribution in [2.24, 2.45) is 18.9 Å². The van der Waals surface area contributed by atoms with Gasteiger partial charge < -0.3 is 15.0 Å². The second-order valence-corrected chi connectivity index (χ2v) is 4.89. The van der Waals surface area contributed by atoms with Crippen molar-refractivity contribution in [1.82, 2.24) is 9.88 Å². The molecule has 5 nitrogen and oxygen atoms in total. The zero-order chi connectivity index (χ0) is 13.1. The summed E-state index contributed by atoms with van der Waals surface area (Å²) < 4.78 is 1.91. The Morgan fingerprint density at radius 1 is 1.44 bits per heavy atom. The molecule has 2 rings (SSSR count). The molecule has 5 heteroatoms. The van der Waals surface area contributed by atoms with E-state index < -0.39 is 11.9 Å². The van der Waals surface area contributed by atoms with Crippen molar-refractivity contribution in [3.8, 4) is 0 Å². The fourth-order valence-electron chi connectivity index (χ4n) is 2.56. The molecule has 0 aliphatic heterocycles. The summed E-state index contributed by atoms with van der Waals surface area (Å²) in [4.78, 5) is 23.0. The minimum absolute atomic E-state index is 0.135. The van der Waals surface area contributed by atoms with E-state index in [0.29, 0.717) is 19.4 Å². The van der Waals surface area contributed by atoms with Crippen molar-refractivity contribution in [3.05, 3.63) is 24.0 Å². The fourth-order valence-corrected chi connectivity index (χ4v) is 2.56. The molecule has 1 amide bonds. The number of carbonyl (C=O) groups excluding carboxylic acids is 1. The van der Waals surface area contributed by atoms with Crippen LogP contribution in [0.4, 0.5) is 0 Å². The van der Waals surface area contributed by atoms with Crippen molar-refractivity contribution in [1.29, 1.82) is 0 Å². The second kappa shape index (κ2) is 5.25. The van der Waals surface area contributed by atoms with E-state index in [1.165, 1.54) is 0 Å². The Balaban J connectivity index is 1.89. The first-order valence-corrected chi connectivity index (χ1v) is 6.19. The van der Waals surface area contributed by atoms with Gasteiger partial charge in [0.25, 0.3) is 0 Å². The first kappa shape index (κ1) is 12.7. The Kier molecular flexibility index (Phi) is 3.69. The van der Waals surface area contributed by atoms with Crippen molar-refractivity contribution in [3.63, 3.8) is 0 Å². The molecule has 2 atom stereocenters. The molecule has 18 heavy (non-hydrogen) atoms. The highest BCUT2D eigenvalue weighted by atomic mass is 16.4. The number of aliphatic carboxylic acids is 1. The van der Waals surface area contributed by atoms with Gasteiger partial charge in [0.05, 0.1) is 11.8 Å². The van der Waals surface area contributed by atoms with Crippen LogP contribution in [0.2, 0.25) is 0 Å². The molecule has 1 fully saturated rings. The van der Waals surface area contributed by atoms with Gasteiger partial charge in [-0.2, -0.15) is 0 Å². The Morgan fingerprint density at radius 2 is 2.17 bits per heavy atom. The molecular weight excluding hydrogens is 232 g/mol. The fraction of sp³-hybridized carbons (Fsp3) is 0.538. The van der Waals surface area contributed by atoms with Crippen molar-refractivity contribution in [2.45, 2.75) is 25.8 Å². The van der Waals surface area contributed by atoms with Crippen LogP contribution in [0.15, 0.2) is 18.5 Å². The molecule has 1 aliphatic rings. The van der Waals surface area contributed by atoms with E-state index in [1.54, 1.807) is 0 Å². The van der Waals surface area contributed by atoms with Crippen LogP contribution in [0.5, 0.6) is 0 Å². The van der Waals surface area contributed by atoms with Crippen molar-refractivity contribution in [2.75, 3.05) is 0 Å². The summed E-state index contributed by atoms with van der Waals surface area (Å²) in [6, 6.07) is 1.93. The predicted molar refractivity (Wildman–Crippen MR) is 65.7 cm³/mol. The highest BCUT2D eigenvalue weighted by Gasteiger charge is 2.37. The van der Waals surface area contributed by atoms with E-state index in [1.807, 2.05) is 30.1 Å². The van der Waals surface area contributed by atoms with Crippen LogP contribution in [0.1, 0.15) is 24.8 Å². The summed E-state index contributed by atoms with van der Waals surface area (Å²) in [5, 5.41) is 11.9. The van der Waals surface area contributed by atoms with Gasteiger partial charge in [-0.25, -0.2) is 0 Å². The van der Waals surface area contributed by atoms with Gasteiger partial charge in [0.2, 0.25) is 5.91 Å². The first-order chi connectivity index (χ1) is 8.58. The van der Waals surface area contributed by atoms with Gasteiger partial charge in [0, 0.05) is 26.0 Å². The summed E-state index contributed by atoms with van der Waals surface area (Å²) in [7, 11) is 1.92. The van der Waals surface area contributed by atoms with Crippen molar-refractivity contribution >= 4 is 11.9 Å². The van der Waals surface area contributed by atoms with Crippen LogP contribution in [-0.2, 0) is 23.2 Å². The maximum atomic E-state index is 12.0. The molecule has 1 aliphatic carbocycles. The third kappa shape index (κ3) is 2.72. The molecule has 0 bridgehead atoms. The molecule has 0 saturated heterocycles. The summed E-state index contributed by atoms with van der Waals surface area (Å²) in [5.41, 5.74) is 1.02. The predicted octanol–water partition coefficient (Wildman–Crippen LogP) is 1.14. The number of hydrogen-bond donors (Lipinski definition) is 2. The molecule has 2 N–H and O–H groups in total. The highest BCUT2D eigenvalue weighted by Crippen LogP contribution is 2.32. The van der Waals surface area contributed by atoms with Gasteiger partial charge in [-0.1, -0.05) is 6.42 Å².